The molecule has 244 valence electrons. The van der Waals surface area contributed by atoms with E-state index in [-0.39, 0.29) is 24.7 Å². The Balaban J connectivity index is 1.78. The van der Waals surface area contributed by atoms with E-state index in [0.29, 0.717) is 11.1 Å². The van der Waals surface area contributed by atoms with Crippen molar-refractivity contribution in [3.63, 3.8) is 0 Å². The van der Waals surface area contributed by atoms with E-state index in [1.54, 1.807) is 6.92 Å². The van der Waals surface area contributed by atoms with Gasteiger partial charge in [-0.25, -0.2) is 14.4 Å². The van der Waals surface area contributed by atoms with Crippen molar-refractivity contribution in [1.82, 2.24) is 0 Å². The molecule has 4 atom stereocenters. The van der Waals surface area contributed by atoms with Crippen LogP contribution in [-0.4, -0.2) is 103 Å². The molecule has 0 aliphatic heterocycles. The Bertz CT molecular complexity index is 1330. The minimum absolute atomic E-state index is 0.113. The van der Waals surface area contributed by atoms with Crippen LogP contribution < -0.4 is 0 Å². The summed E-state index contributed by atoms with van der Waals surface area (Å²) in [5.41, 5.74) is -1.75. The maximum atomic E-state index is 13.1. The standard InChI is InChI=1S/C31H36O14/c1-17(15-32)42-16-18(2)43-30(40)31(41)13-25(44-27(37)9-5-19-3-7-21(33)23(35)11-19)29(39)26(14-31)45-28(38)10-6-20-4-8-22(34)24(36)12-20/h3-12,17-18,25-26,29,32-36,39,41H,13-16H2,1-2H3/b9-5+,10-6+/t17?,18?,25-,26-,29?,31?/m1/s1. The number of benzene rings is 2. The first-order valence-corrected chi connectivity index (χ1v) is 13.9. The van der Waals surface area contributed by atoms with Crippen molar-refractivity contribution < 1.29 is 69.1 Å². The minimum atomic E-state index is -2.38. The average molecular weight is 633 g/mol. The molecule has 0 heterocycles. The summed E-state index contributed by atoms with van der Waals surface area (Å²) in [6, 6.07) is 7.56. The highest BCUT2D eigenvalue weighted by atomic mass is 16.6. The van der Waals surface area contributed by atoms with Crippen molar-refractivity contribution in [2.45, 2.75) is 62.8 Å². The summed E-state index contributed by atoms with van der Waals surface area (Å²) < 4.78 is 21.3. The predicted molar refractivity (Wildman–Crippen MR) is 156 cm³/mol. The Labute approximate surface area is 258 Å². The quantitative estimate of drug-likeness (QED) is 0.0757. The van der Waals surface area contributed by atoms with Gasteiger partial charge in [-0.15, -0.1) is 0 Å². The number of esters is 3. The molecule has 0 aromatic heterocycles. The molecule has 0 spiro atoms. The third-order valence-corrected chi connectivity index (χ3v) is 6.76. The second kappa shape index (κ2) is 15.4. The summed E-state index contributed by atoms with van der Waals surface area (Å²) in [4.78, 5) is 38.4. The highest BCUT2D eigenvalue weighted by Crippen LogP contribution is 2.35. The molecule has 0 amide bonds. The molecule has 1 fully saturated rings. The van der Waals surface area contributed by atoms with Gasteiger partial charge in [0.2, 0.25) is 0 Å². The van der Waals surface area contributed by atoms with Crippen LogP contribution in [0.25, 0.3) is 12.2 Å². The fraction of sp³-hybridized carbons (Fsp3) is 0.387. The second-order valence-electron chi connectivity index (χ2n) is 10.6. The first-order chi connectivity index (χ1) is 21.2. The average Bonchev–Trinajstić information content (AvgIpc) is 2.99. The van der Waals surface area contributed by atoms with Gasteiger partial charge in [-0.2, -0.15) is 0 Å². The van der Waals surface area contributed by atoms with Crippen molar-refractivity contribution in [1.29, 1.82) is 0 Å². The van der Waals surface area contributed by atoms with Crippen molar-refractivity contribution in [2.75, 3.05) is 13.2 Å². The van der Waals surface area contributed by atoms with Gasteiger partial charge >= 0.3 is 17.9 Å². The lowest BCUT2D eigenvalue weighted by Crippen LogP contribution is -2.58. The Morgan fingerprint density at radius 3 is 1.71 bits per heavy atom. The SMILES string of the molecule is CC(CO)OCC(C)OC(=O)C1(O)C[C@@H](OC(=O)/C=C/c2ccc(O)c(O)c2)C(O)[C@H](OC(=O)/C=C/c2ccc(O)c(O)c2)C1. The largest absolute Gasteiger partial charge is 0.504 e. The highest BCUT2D eigenvalue weighted by Gasteiger charge is 2.53. The molecule has 14 nitrogen and oxygen atoms in total. The maximum absolute atomic E-state index is 13.1. The molecule has 2 aromatic rings. The molecule has 1 aliphatic rings. The number of hydrogen-bond donors (Lipinski definition) is 7. The third-order valence-electron chi connectivity index (χ3n) is 6.76. The number of rotatable bonds is 12. The zero-order valence-electron chi connectivity index (χ0n) is 24.5. The molecule has 14 heteroatoms. The molecular formula is C31H36O14. The van der Waals surface area contributed by atoms with Gasteiger partial charge in [0.1, 0.15) is 24.4 Å². The highest BCUT2D eigenvalue weighted by molar-refractivity contribution is 5.88. The van der Waals surface area contributed by atoms with E-state index < -0.39 is 78.4 Å². The number of aromatic hydroxyl groups is 4. The van der Waals surface area contributed by atoms with E-state index >= 15 is 0 Å². The molecule has 7 N–H and O–H groups in total. The predicted octanol–water partition coefficient (Wildman–Crippen LogP) is 1.27. The normalized spacial score (nSPS) is 23.0. The number of hydrogen-bond acceptors (Lipinski definition) is 14. The Morgan fingerprint density at radius 2 is 1.29 bits per heavy atom. The van der Waals surface area contributed by atoms with Gasteiger partial charge in [0, 0.05) is 25.0 Å². The number of phenols is 4. The maximum Gasteiger partial charge on any atom is 0.338 e. The zero-order valence-corrected chi connectivity index (χ0v) is 24.5. The summed E-state index contributed by atoms with van der Waals surface area (Å²) in [5.74, 6) is -4.78. The lowest BCUT2D eigenvalue weighted by molar-refractivity contribution is -0.209. The van der Waals surface area contributed by atoms with Crippen LogP contribution in [-0.2, 0) is 33.3 Å². The molecule has 0 bridgehead atoms. The summed E-state index contributed by atoms with van der Waals surface area (Å²) in [6.07, 6.45) is -3.07. The van der Waals surface area contributed by atoms with Crippen LogP contribution in [0.2, 0.25) is 0 Å². The monoisotopic (exact) mass is 632 g/mol. The molecular weight excluding hydrogens is 596 g/mol. The number of carbonyl (C=O) groups is 3. The first kappa shape index (κ1) is 34.9. The van der Waals surface area contributed by atoms with Crippen LogP contribution >= 0.6 is 0 Å². The Morgan fingerprint density at radius 1 is 0.822 bits per heavy atom. The van der Waals surface area contributed by atoms with Gasteiger partial charge in [0.25, 0.3) is 0 Å². The van der Waals surface area contributed by atoms with Crippen molar-refractivity contribution in [2.24, 2.45) is 0 Å². The summed E-state index contributed by atoms with van der Waals surface area (Å²) >= 11 is 0. The first-order valence-electron chi connectivity index (χ1n) is 13.9. The minimum Gasteiger partial charge on any atom is -0.504 e. The van der Waals surface area contributed by atoms with Crippen LogP contribution in [0.4, 0.5) is 0 Å². The van der Waals surface area contributed by atoms with Gasteiger partial charge in [0.15, 0.2) is 28.6 Å². The van der Waals surface area contributed by atoms with E-state index in [1.807, 2.05) is 0 Å². The van der Waals surface area contributed by atoms with E-state index in [9.17, 15) is 45.0 Å². The van der Waals surface area contributed by atoms with Gasteiger partial charge < -0.3 is 54.7 Å². The number of phenolic OH excluding ortho intramolecular Hbond substituents is 4. The van der Waals surface area contributed by atoms with Crippen LogP contribution in [0.1, 0.15) is 37.8 Å². The fourth-order valence-corrected chi connectivity index (χ4v) is 4.29. The van der Waals surface area contributed by atoms with Gasteiger partial charge in [-0.05, 0) is 61.4 Å². The van der Waals surface area contributed by atoms with Crippen LogP contribution in [0, 0.1) is 0 Å². The molecule has 1 saturated carbocycles. The second-order valence-corrected chi connectivity index (χ2v) is 10.6. The van der Waals surface area contributed by atoms with E-state index in [1.165, 1.54) is 55.5 Å². The number of ether oxygens (including phenoxy) is 4. The lowest BCUT2D eigenvalue weighted by Gasteiger charge is -2.41. The lowest BCUT2D eigenvalue weighted by atomic mass is 9.79. The van der Waals surface area contributed by atoms with Crippen molar-refractivity contribution in [3.05, 3.63) is 59.7 Å². The molecule has 1 aliphatic carbocycles. The van der Waals surface area contributed by atoms with Crippen LogP contribution in [0.5, 0.6) is 23.0 Å². The molecule has 3 rings (SSSR count). The summed E-state index contributed by atoms with van der Waals surface area (Å²) in [6.45, 7) is 2.70. The van der Waals surface area contributed by atoms with Gasteiger partial charge in [0.05, 0.1) is 19.3 Å². The van der Waals surface area contributed by atoms with E-state index in [2.05, 4.69) is 0 Å². The molecule has 0 radical (unpaired) electrons. The Hall–Kier alpha value is -4.63. The van der Waals surface area contributed by atoms with Crippen molar-refractivity contribution in [3.8, 4) is 23.0 Å². The van der Waals surface area contributed by atoms with Gasteiger partial charge in [-0.1, -0.05) is 12.1 Å². The van der Waals surface area contributed by atoms with E-state index in [0.717, 1.165) is 12.2 Å². The van der Waals surface area contributed by atoms with Crippen LogP contribution in [0.15, 0.2) is 48.6 Å². The van der Waals surface area contributed by atoms with Crippen molar-refractivity contribution >= 4 is 30.1 Å². The van der Waals surface area contributed by atoms with E-state index in [4.69, 9.17) is 24.1 Å². The number of carbonyl (C=O) groups excluding carboxylic acids is 3. The fourth-order valence-electron chi connectivity index (χ4n) is 4.29. The topological polar surface area (TPSA) is 230 Å². The molecule has 2 unspecified atom stereocenters. The zero-order chi connectivity index (χ0) is 33.3. The summed E-state index contributed by atoms with van der Waals surface area (Å²) in [7, 11) is 0. The number of aliphatic hydroxyl groups is 3. The molecule has 0 saturated heterocycles. The third kappa shape index (κ3) is 9.94. The molecule has 2 aromatic carbocycles. The van der Waals surface area contributed by atoms with Crippen LogP contribution in [0.3, 0.4) is 0 Å². The van der Waals surface area contributed by atoms with Gasteiger partial charge in [-0.3, -0.25) is 0 Å². The Kier molecular flexibility index (Phi) is 11.9. The summed E-state index contributed by atoms with van der Waals surface area (Å²) in [5, 5.41) is 69.6. The molecule has 45 heavy (non-hydrogen) atoms. The number of aliphatic hydroxyl groups excluding tert-OH is 2. The smallest absolute Gasteiger partial charge is 0.338 e.